The van der Waals surface area contributed by atoms with Gasteiger partial charge < -0.3 is 17.0 Å². The Morgan fingerprint density at radius 2 is 1.52 bits per heavy atom. The first-order valence-electron chi connectivity index (χ1n) is 9.28. The van der Waals surface area contributed by atoms with Crippen molar-refractivity contribution in [3.63, 3.8) is 0 Å². The monoisotopic (exact) mass is 515 g/mol. The van der Waals surface area contributed by atoms with Gasteiger partial charge in [0.1, 0.15) is 5.71 Å². The molecule has 0 spiro atoms. The molecule has 0 aliphatic carbocycles. The average molecular weight is 517 g/mol. The van der Waals surface area contributed by atoms with Gasteiger partial charge in [-0.15, -0.1) is 0 Å². The zero-order chi connectivity index (χ0) is 21.0. The Hall–Kier alpha value is -2.74. The van der Waals surface area contributed by atoms with Crippen molar-refractivity contribution in [3.05, 3.63) is 108 Å². The lowest BCUT2D eigenvalue weighted by atomic mass is 10.1. The van der Waals surface area contributed by atoms with E-state index in [0.717, 1.165) is 16.3 Å². The first kappa shape index (κ1) is 22.9. The number of aromatic nitrogens is 1. The maximum absolute atomic E-state index is 12.6. The molecule has 158 valence electrons. The Balaban J connectivity index is 0.00000272. The minimum absolute atomic E-state index is 0. The summed E-state index contributed by atoms with van der Waals surface area (Å²) in [7, 11) is -3.77. The number of halogens is 2. The quantitative estimate of drug-likeness (QED) is 0.238. The summed E-state index contributed by atoms with van der Waals surface area (Å²) in [6.45, 7) is 0.379. The van der Waals surface area contributed by atoms with Crippen LogP contribution in [-0.4, -0.2) is 14.1 Å². The number of benzene rings is 3. The fourth-order valence-corrected chi connectivity index (χ4v) is 4.03. The molecule has 0 aliphatic heterocycles. The highest BCUT2D eigenvalue weighted by molar-refractivity contribution is 7.89. The lowest BCUT2D eigenvalue weighted by Crippen LogP contribution is -3.00. The summed E-state index contributed by atoms with van der Waals surface area (Å²) < 4.78 is 27.2. The Bertz CT molecular complexity index is 1310. The molecule has 0 aliphatic rings. The second-order valence-corrected chi connectivity index (χ2v) is 8.82. The summed E-state index contributed by atoms with van der Waals surface area (Å²) in [5, 5.41) is 7.07. The van der Waals surface area contributed by atoms with Gasteiger partial charge in [-0.05, 0) is 35.7 Å². The van der Waals surface area contributed by atoms with Crippen molar-refractivity contribution in [3.8, 4) is 0 Å². The van der Waals surface area contributed by atoms with Crippen LogP contribution in [0.2, 0.25) is 5.02 Å². The topological polar surface area (TPSA) is 62.4 Å². The molecule has 0 amide bonds. The largest absolute Gasteiger partial charge is 1.00 e. The number of sulfonamides is 1. The van der Waals surface area contributed by atoms with E-state index >= 15 is 0 Å². The molecular formula is C23H19BrClN3O2S. The first-order chi connectivity index (χ1) is 14.5. The molecule has 0 saturated heterocycles. The van der Waals surface area contributed by atoms with E-state index in [4.69, 9.17) is 11.6 Å². The van der Waals surface area contributed by atoms with Gasteiger partial charge in [0.15, 0.2) is 18.9 Å². The molecule has 0 atom stereocenters. The van der Waals surface area contributed by atoms with Crippen LogP contribution >= 0.6 is 11.6 Å². The van der Waals surface area contributed by atoms with Crippen molar-refractivity contribution in [2.45, 2.75) is 11.4 Å². The molecule has 0 unspecified atom stereocenters. The molecule has 0 fully saturated rings. The predicted molar refractivity (Wildman–Crippen MR) is 119 cm³/mol. The highest BCUT2D eigenvalue weighted by atomic mass is 79.9. The van der Waals surface area contributed by atoms with Gasteiger partial charge in [0.2, 0.25) is 0 Å². The van der Waals surface area contributed by atoms with Crippen LogP contribution in [0.5, 0.6) is 0 Å². The van der Waals surface area contributed by atoms with E-state index in [1.54, 1.807) is 30.3 Å². The summed E-state index contributed by atoms with van der Waals surface area (Å²) in [5.74, 6) is 0. The molecule has 1 aromatic heterocycles. The zero-order valence-corrected chi connectivity index (χ0v) is 19.5. The van der Waals surface area contributed by atoms with E-state index in [0.29, 0.717) is 17.3 Å². The molecule has 8 heteroatoms. The Kier molecular flexibility index (Phi) is 7.43. The Morgan fingerprint density at radius 3 is 2.23 bits per heavy atom. The van der Waals surface area contributed by atoms with Crippen LogP contribution in [0.4, 0.5) is 0 Å². The molecule has 1 heterocycles. The number of fused-ring (bicyclic) bond motifs is 1. The minimum Gasteiger partial charge on any atom is -1.00 e. The summed E-state index contributed by atoms with van der Waals surface area (Å²) in [6, 6.07) is 25.4. The maximum Gasteiger partial charge on any atom is 0.276 e. The summed E-state index contributed by atoms with van der Waals surface area (Å²) in [6.07, 6.45) is 3.95. The normalized spacial score (nSPS) is 11.7. The second kappa shape index (κ2) is 10.0. The molecule has 0 bridgehead atoms. The molecule has 4 rings (SSSR count). The molecule has 1 N–H and O–H groups in total. The molecule has 0 radical (unpaired) electrons. The first-order valence-corrected chi connectivity index (χ1v) is 11.1. The smallest absolute Gasteiger partial charge is 0.276 e. The van der Waals surface area contributed by atoms with E-state index in [1.807, 2.05) is 59.4 Å². The van der Waals surface area contributed by atoms with Gasteiger partial charge in [0, 0.05) is 22.0 Å². The third-order valence-corrected chi connectivity index (χ3v) is 6.09. The van der Waals surface area contributed by atoms with Gasteiger partial charge in [-0.2, -0.15) is 22.9 Å². The SMILES string of the molecule is O=S(=O)(N/N=C(/C[n+]1ccc2ccccc2c1)c1ccc(Cl)cc1)c1ccccc1.[Br-]. The molecule has 4 aromatic rings. The van der Waals surface area contributed by atoms with Gasteiger partial charge in [-0.25, -0.2) is 0 Å². The van der Waals surface area contributed by atoms with Crippen LogP contribution in [0, 0.1) is 0 Å². The minimum atomic E-state index is -3.77. The van der Waals surface area contributed by atoms with Crippen LogP contribution in [0.3, 0.4) is 0 Å². The third-order valence-electron chi connectivity index (χ3n) is 4.61. The van der Waals surface area contributed by atoms with E-state index < -0.39 is 10.0 Å². The Labute approximate surface area is 196 Å². The van der Waals surface area contributed by atoms with E-state index in [1.165, 1.54) is 12.1 Å². The number of hydrazone groups is 1. The van der Waals surface area contributed by atoms with Gasteiger partial charge in [-0.3, -0.25) is 0 Å². The van der Waals surface area contributed by atoms with Crippen LogP contribution < -0.4 is 26.4 Å². The van der Waals surface area contributed by atoms with Crippen molar-refractivity contribution in [2.75, 3.05) is 0 Å². The van der Waals surface area contributed by atoms with E-state index in [2.05, 4.69) is 9.93 Å². The molecule has 0 saturated carbocycles. The number of hydrogen-bond acceptors (Lipinski definition) is 3. The lowest BCUT2D eigenvalue weighted by molar-refractivity contribution is -0.680. The number of pyridine rings is 1. The lowest BCUT2D eigenvalue weighted by Gasteiger charge is -2.08. The van der Waals surface area contributed by atoms with Crippen LogP contribution in [0.15, 0.2) is 107 Å². The maximum atomic E-state index is 12.6. The fraction of sp³-hybridized carbons (Fsp3) is 0.0435. The van der Waals surface area contributed by atoms with E-state index in [-0.39, 0.29) is 21.9 Å². The number of rotatable bonds is 6. The molecule has 31 heavy (non-hydrogen) atoms. The number of hydrogen-bond donors (Lipinski definition) is 1. The molecule has 5 nitrogen and oxygen atoms in total. The summed E-state index contributed by atoms with van der Waals surface area (Å²) in [4.78, 5) is 2.51. The predicted octanol–water partition coefficient (Wildman–Crippen LogP) is 1.17. The van der Waals surface area contributed by atoms with Crippen molar-refractivity contribution in [1.82, 2.24) is 4.83 Å². The zero-order valence-electron chi connectivity index (χ0n) is 16.3. The van der Waals surface area contributed by atoms with Crippen molar-refractivity contribution >= 4 is 38.1 Å². The van der Waals surface area contributed by atoms with Crippen LogP contribution in [0.25, 0.3) is 10.8 Å². The van der Waals surface area contributed by atoms with Crippen LogP contribution in [0.1, 0.15) is 5.56 Å². The van der Waals surface area contributed by atoms with Crippen LogP contribution in [-0.2, 0) is 16.6 Å². The van der Waals surface area contributed by atoms with Crippen molar-refractivity contribution < 1.29 is 30.0 Å². The fourth-order valence-electron chi connectivity index (χ4n) is 3.05. The van der Waals surface area contributed by atoms with Gasteiger partial charge in [0.25, 0.3) is 10.0 Å². The van der Waals surface area contributed by atoms with Crippen molar-refractivity contribution in [2.24, 2.45) is 5.10 Å². The molecule has 3 aromatic carbocycles. The highest BCUT2D eigenvalue weighted by Gasteiger charge is 2.16. The van der Waals surface area contributed by atoms with E-state index in [9.17, 15) is 8.42 Å². The highest BCUT2D eigenvalue weighted by Crippen LogP contribution is 2.13. The summed E-state index contributed by atoms with van der Waals surface area (Å²) >= 11 is 6.02. The van der Waals surface area contributed by atoms with Crippen molar-refractivity contribution in [1.29, 1.82) is 0 Å². The van der Waals surface area contributed by atoms with Gasteiger partial charge >= 0.3 is 0 Å². The molecular weight excluding hydrogens is 498 g/mol. The second-order valence-electron chi connectivity index (χ2n) is 6.72. The van der Waals surface area contributed by atoms with Gasteiger partial charge in [-0.1, -0.05) is 60.1 Å². The number of nitrogens with zero attached hydrogens (tertiary/aromatic N) is 2. The standard InChI is InChI=1S/C23H19ClN3O2S.BrH/c24-21-12-10-19(11-13-21)23(25-26-30(28,29)22-8-2-1-3-9-22)17-27-15-14-18-6-4-5-7-20(18)16-27;/h1-16,26H,17H2;1H/q+1;/p-1/b25-23-;. The third kappa shape index (κ3) is 5.70. The summed E-state index contributed by atoms with van der Waals surface area (Å²) in [5.41, 5.74) is 1.34. The Morgan fingerprint density at radius 1 is 0.871 bits per heavy atom. The van der Waals surface area contributed by atoms with Gasteiger partial charge in [0.05, 0.1) is 4.90 Å². The number of nitrogens with one attached hydrogen (secondary N) is 1. The average Bonchev–Trinajstić information content (AvgIpc) is 2.78.